The summed E-state index contributed by atoms with van der Waals surface area (Å²) >= 11 is 0. The monoisotopic (exact) mass is 383 g/mol. The van der Waals surface area contributed by atoms with Gasteiger partial charge in [0.1, 0.15) is 5.58 Å². The number of fused-ring (bicyclic) bond motifs is 1. The van der Waals surface area contributed by atoms with E-state index in [1.54, 1.807) is 6.07 Å². The lowest BCUT2D eigenvalue weighted by Crippen LogP contribution is -2.64. The van der Waals surface area contributed by atoms with Crippen LogP contribution in [-0.4, -0.2) is 48.4 Å². The summed E-state index contributed by atoms with van der Waals surface area (Å²) < 4.78 is 5.62. The van der Waals surface area contributed by atoms with Gasteiger partial charge in [0.15, 0.2) is 5.76 Å². The van der Waals surface area contributed by atoms with E-state index in [9.17, 15) is 9.59 Å². The van der Waals surface area contributed by atoms with Gasteiger partial charge in [-0.05, 0) is 57.1 Å². The van der Waals surface area contributed by atoms with Crippen molar-refractivity contribution >= 4 is 22.8 Å². The molecule has 1 aromatic carbocycles. The third-order valence-electron chi connectivity index (χ3n) is 5.64. The zero-order valence-electron chi connectivity index (χ0n) is 16.9. The van der Waals surface area contributed by atoms with E-state index in [0.29, 0.717) is 30.2 Å². The molecule has 2 N–H and O–H groups in total. The van der Waals surface area contributed by atoms with Gasteiger partial charge in [0, 0.05) is 30.6 Å². The summed E-state index contributed by atoms with van der Waals surface area (Å²) in [6, 6.07) is 9.43. The zero-order valence-corrected chi connectivity index (χ0v) is 16.9. The Hall–Kier alpha value is -2.34. The Bertz CT molecular complexity index is 849. The highest BCUT2D eigenvalue weighted by molar-refractivity contribution is 5.96. The van der Waals surface area contributed by atoms with Gasteiger partial charge in [-0.25, -0.2) is 0 Å². The van der Waals surface area contributed by atoms with E-state index in [1.165, 1.54) is 0 Å². The summed E-state index contributed by atoms with van der Waals surface area (Å²) in [6.07, 6.45) is 2.23. The number of carbonyl (C=O) groups is 2. The molecule has 0 atom stereocenters. The molecule has 2 amide bonds. The highest BCUT2D eigenvalue weighted by Crippen LogP contribution is 2.51. The maximum Gasteiger partial charge on any atom is 0.287 e. The number of para-hydroxylation sites is 1. The molecule has 1 saturated carbocycles. The Balaban J connectivity index is 1.17. The van der Waals surface area contributed by atoms with Crippen molar-refractivity contribution in [1.82, 2.24) is 15.5 Å². The largest absolute Gasteiger partial charge is 0.451 e. The average Bonchev–Trinajstić information content (AvgIpc) is 2.97. The quantitative estimate of drug-likeness (QED) is 0.833. The molecule has 0 unspecified atom stereocenters. The Labute approximate surface area is 165 Å². The molecular weight excluding hydrogens is 354 g/mol. The Kier molecular flexibility index (Phi) is 4.70. The highest BCUT2D eigenvalue weighted by atomic mass is 16.3. The van der Waals surface area contributed by atoms with E-state index < -0.39 is 0 Å². The Morgan fingerprint density at radius 3 is 2.61 bits per heavy atom. The molecule has 4 rings (SSSR count). The van der Waals surface area contributed by atoms with Crippen LogP contribution in [0.4, 0.5) is 0 Å². The SMILES string of the molecule is CC(C)(C)NC(=O)CN1CC2(CC(CNC(=O)c3cc4ccccc4o3)C2)C1. The second-order valence-electron chi connectivity index (χ2n) is 9.58. The van der Waals surface area contributed by atoms with Crippen molar-refractivity contribution in [1.29, 1.82) is 0 Å². The smallest absolute Gasteiger partial charge is 0.287 e. The molecule has 6 heteroatoms. The number of hydrogen-bond donors (Lipinski definition) is 2. The Morgan fingerprint density at radius 1 is 1.21 bits per heavy atom. The van der Waals surface area contributed by atoms with Crippen molar-refractivity contribution in [2.45, 2.75) is 39.2 Å². The number of likely N-dealkylation sites (tertiary alicyclic amines) is 1. The standard InChI is InChI=1S/C22H29N3O3/c1-21(2,3)24-19(26)12-25-13-22(14-25)9-15(10-22)11-23-20(27)18-8-16-6-4-5-7-17(16)28-18/h4-8,15H,9-14H2,1-3H3,(H,23,27)(H,24,26). The van der Waals surface area contributed by atoms with Crippen LogP contribution in [0.2, 0.25) is 0 Å². The van der Waals surface area contributed by atoms with Crippen molar-refractivity contribution in [2.24, 2.45) is 11.3 Å². The van der Waals surface area contributed by atoms with Gasteiger partial charge >= 0.3 is 0 Å². The van der Waals surface area contributed by atoms with E-state index in [4.69, 9.17) is 4.42 Å². The van der Waals surface area contributed by atoms with Crippen LogP contribution in [0.1, 0.15) is 44.2 Å². The van der Waals surface area contributed by atoms with Crippen LogP contribution in [0.15, 0.2) is 34.7 Å². The van der Waals surface area contributed by atoms with Gasteiger partial charge in [0.25, 0.3) is 5.91 Å². The molecule has 0 radical (unpaired) electrons. The van der Waals surface area contributed by atoms with Crippen LogP contribution in [0.3, 0.4) is 0 Å². The molecule has 28 heavy (non-hydrogen) atoms. The first kappa shape index (κ1) is 19.0. The number of hydrogen-bond acceptors (Lipinski definition) is 4. The van der Waals surface area contributed by atoms with Gasteiger partial charge in [0.2, 0.25) is 5.91 Å². The minimum atomic E-state index is -0.181. The third kappa shape index (κ3) is 4.07. The van der Waals surface area contributed by atoms with Gasteiger partial charge in [-0.3, -0.25) is 14.5 Å². The second-order valence-corrected chi connectivity index (χ2v) is 9.58. The summed E-state index contributed by atoms with van der Waals surface area (Å²) in [6.45, 7) is 9.13. The van der Waals surface area contributed by atoms with E-state index in [0.717, 1.165) is 36.9 Å². The molecular formula is C22H29N3O3. The molecule has 1 aliphatic heterocycles. The summed E-state index contributed by atoms with van der Waals surface area (Å²) in [4.78, 5) is 26.6. The number of rotatable bonds is 5. The lowest BCUT2D eigenvalue weighted by Gasteiger charge is -2.59. The number of nitrogens with zero attached hydrogens (tertiary/aromatic N) is 1. The minimum absolute atomic E-state index is 0.0938. The third-order valence-corrected chi connectivity index (χ3v) is 5.64. The van der Waals surface area contributed by atoms with Crippen LogP contribution < -0.4 is 10.6 Å². The number of carbonyl (C=O) groups excluding carboxylic acids is 2. The zero-order chi connectivity index (χ0) is 19.9. The van der Waals surface area contributed by atoms with E-state index in [-0.39, 0.29) is 17.4 Å². The van der Waals surface area contributed by atoms with Gasteiger partial charge in [-0.1, -0.05) is 18.2 Å². The van der Waals surface area contributed by atoms with Crippen molar-refractivity contribution in [3.8, 4) is 0 Å². The van der Waals surface area contributed by atoms with E-state index in [2.05, 4.69) is 15.5 Å². The normalized spacial score (nSPS) is 19.2. The molecule has 6 nitrogen and oxygen atoms in total. The predicted octanol–water partition coefficient (Wildman–Crippen LogP) is 2.79. The van der Waals surface area contributed by atoms with Crippen molar-refractivity contribution in [2.75, 3.05) is 26.2 Å². The first-order valence-electron chi connectivity index (χ1n) is 10.0. The van der Waals surface area contributed by atoms with Crippen LogP contribution >= 0.6 is 0 Å². The van der Waals surface area contributed by atoms with Gasteiger partial charge in [-0.15, -0.1) is 0 Å². The van der Waals surface area contributed by atoms with Crippen LogP contribution in [-0.2, 0) is 4.79 Å². The molecule has 1 spiro atoms. The summed E-state index contributed by atoms with van der Waals surface area (Å²) in [5, 5.41) is 6.96. The summed E-state index contributed by atoms with van der Waals surface area (Å²) in [5.41, 5.74) is 0.913. The fraction of sp³-hybridized carbons (Fsp3) is 0.545. The van der Waals surface area contributed by atoms with Crippen molar-refractivity contribution < 1.29 is 14.0 Å². The maximum atomic E-state index is 12.3. The molecule has 1 aromatic heterocycles. The molecule has 1 saturated heterocycles. The predicted molar refractivity (Wildman–Crippen MR) is 108 cm³/mol. The summed E-state index contributed by atoms with van der Waals surface area (Å²) in [7, 11) is 0. The molecule has 2 heterocycles. The van der Waals surface area contributed by atoms with Crippen LogP contribution in [0.5, 0.6) is 0 Å². The number of nitrogens with one attached hydrogen (secondary N) is 2. The van der Waals surface area contributed by atoms with Gasteiger partial charge in [-0.2, -0.15) is 0 Å². The minimum Gasteiger partial charge on any atom is -0.451 e. The molecule has 1 aliphatic carbocycles. The highest BCUT2D eigenvalue weighted by Gasteiger charge is 2.52. The number of benzene rings is 1. The summed E-state index contributed by atoms with van der Waals surface area (Å²) in [5.74, 6) is 0.830. The van der Waals surface area contributed by atoms with Crippen molar-refractivity contribution in [3.63, 3.8) is 0 Å². The average molecular weight is 383 g/mol. The molecule has 2 fully saturated rings. The van der Waals surface area contributed by atoms with Crippen LogP contribution in [0.25, 0.3) is 11.0 Å². The first-order chi connectivity index (χ1) is 13.2. The first-order valence-corrected chi connectivity index (χ1v) is 10.0. The van der Waals surface area contributed by atoms with E-state index >= 15 is 0 Å². The molecule has 2 aliphatic rings. The topological polar surface area (TPSA) is 74.6 Å². The fourth-order valence-corrected chi connectivity index (χ4v) is 4.66. The van der Waals surface area contributed by atoms with Crippen LogP contribution in [0, 0.1) is 11.3 Å². The lowest BCUT2D eigenvalue weighted by molar-refractivity contribution is -0.133. The van der Waals surface area contributed by atoms with Crippen molar-refractivity contribution in [3.05, 3.63) is 36.1 Å². The Morgan fingerprint density at radius 2 is 1.93 bits per heavy atom. The van der Waals surface area contributed by atoms with Gasteiger partial charge < -0.3 is 15.1 Å². The molecule has 0 bridgehead atoms. The van der Waals surface area contributed by atoms with E-state index in [1.807, 2.05) is 45.0 Å². The number of furan rings is 1. The van der Waals surface area contributed by atoms with Gasteiger partial charge in [0.05, 0.1) is 6.54 Å². The fourth-order valence-electron chi connectivity index (χ4n) is 4.66. The second kappa shape index (κ2) is 6.92. The molecule has 150 valence electrons. The maximum absolute atomic E-state index is 12.3. The molecule has 2 aromatic rings. The lowest BCUT2D eigenvalue weighted by atomic mass is 9.57. The number of amides is 2.